The quantitative estimate of drug-likeness (QED) is 0.823. The zero-order valence-electron chi connectivity index (χ0n) is 11.3. The highest BCUT2D eigenvalue weighted by molar-refractivity contribution is 9.10. The number of hydrogen-bond acceptors (Lipinski definition) is 2. The Hall–Kier alpha value is -1.32. The third-order valence-electron chi connectivity index (χ3n) is 2.96. The molecule has 0 aliphatic heterocycles. The maximum absolute atomic E-state index is 5.24. The van der Waals surface area contributed by atoms with Crippen LogP contribution < -0.4 is 4.74 Å². The van der Waals surface area contributed by atoms with Gasteiger partial charge < -0.3 is 4.74 Å². The van der Waals surface area contributed by atoms with Crippen molar-refractivity contribution in [3.8, 4) is 5.75 Å². The van der Waals surface area contributed by atoms with E-state index in [0.29, 0.717) is 0 Å². The molecule has 2 nitrogen and oxygen atoms in total. The molecule has 3 heteroatoms. The number of nitrogens with zero attached hydrogens (tertiary/aromatic N) is 1. The highest BCUT2D eigenvalue weighted by Gasteiger charge is 2.05. The standard InChI is InChI=1S/C16H18BrNO/c1-18(11-13-6-4-3-5-7-13)12-14-8-9-16(19-2)15(17)10-14/h3-10H,11-12H2,1-2H3. The second-order valence-corrected chi connectivity index (χ2v) is 5.48. The van der Waals surface area contributed by atoms with Crippen molar-refractivity contribution in [1.29, 1.82) is 0 Å². The maximum Gasteiger partial charge on any atom is 0.133 e. The largest absolute Gasteiger partial charge is 0.496 e. The smallest absolute Gasteiger partial charge is 0.133 e. The van der Waals surface area contributed by atoms with Gasteiger partial charge in [-0.05, 0) is 46.2 Å². The monoisotopic (exact) mass is 319 g/mol. The first kappa shape index (κ1) is 14.1. The number of methoxy groups -OCH3 is 1. The van der Waals surface area contributed by atoms with Gasteiger partial charge in [-0.1, -0.05) is 36.4 Å². The maximum atomic E-state index is 5.24. The van der Waals surface area contributed by atoms with Crippen molar-refractivity contribution in [2.45, 2.75) is 13.1 Å². The Labute approximate surface area is 123 Å². The van der Waals surface area contributed by atoms with Gasteiger partial charge >= 0.3 is 0 Å². The molecule has 0 N–H and O–H groups in total. The van der Waals surface area contributed by atoms with Crippen LogP contribution in [0.15, 0.2) is 53.0 Å². The minimum absolute atomic E-state index is 0.870. The van der Waals surface area contributed by atoms with E-state index in [-0.39, 0.29) is 0 Å². The molecule has 2 aromatic rings. The average Bonchev–Trinajstić information content (AvgIpc) is 2.40. The number of halogens is 1. The van der Waals surface area contributed by atoms with Gasteiger partial charge in [0.15, 0.2) is 0 Å². The predicted octanol–water partition coefficient (Wildman–Crippen LogP) is 4.09. The highest BCUT2D eigenvalue weighted by Crippen LogP contribution is 2.26. The summed E-state index contributed by atoms with van der Waals surface area (Å²) in [5.74, 6) is 0.870. The van der Waals surface area contributed by atoms with Gasteiger partial charge in [0, 0.05) is 13.1 Å². The van der Waals surface area contributed by atoms with Crippen LogP contribution in [0.1, 0.15) is 11.1 Å². The Kier molecular flexibility index (Phi) is 5.00. The number of rotatable bonds is 5. The molecule has 0 fully saturated rings. The van der Waals surface area contributed by atoms with Gasteiger partial charge in [-0.15, -0.1) is 0 Å². The van der Waals surface area contributed by atoms with Gasteiger partial charge in [-0.25, -0.2) is 0 Å². The zero-order chi connectivity index (χ0) is 13.7. The van der Waals surface area contributed by atoms with Crippen molar-refractivity contribution >= 4 is 15.9 Å². The molecule has 0 unspecified atom stereocenters. The van der Waals surface area contributed by atoms with Crippen LogP contribution in [0.5, 0.6) is 5.75 Å². The zero-order valence-corrected chi connectivity index (χ0v) is 12.9. The third kappa shape index (κ3) is 4.08. The van der Waals surface area contributed by atoms with Gasteiger partial charge in [0.2, 0.25) is 0 Å². The van der Waals surface area contributed by atoms with Crippen LogP contribution >= 0.6 is 15.9 Å². The molecule has 0 bridgehead atoms. The van der Waals surface area contributed by atoms with Crippen molar-refractivity contribution in [1.82, 2.24) is 4.90 Å². The second kappa shape index (κ2) is 6.73. The van der Waals surface area contributed by atoms with E-state index in [1.807, 2.05) is 12.1 Å². The fraction of sp³-hybridized carbons (Fsp3) is 0.250. The summed E-state index contributed by atoms with van der Waals surface area (Å²) in [7, 11) is 3.81. The van der Waals surface area contributed by atoms with E-state index in [1.54, 1.807) is 7.11 Å². The Morgan fingerprint density at radius 3 is 2.32 bits per heavy atom. The van der Waals surface area contributed by atoms with E-state index in [9.17, 15) is 0 Å². The van der Waals surface area contributed by atoms with Gasteiger partial charge in [0.25, 0.3) is 0 Å². The Morgan fingerprint density at radius 1 is 1.00 bits per heavy atom. The highest BCUT2D eigenvalue weighted by atomic mass is 79.9. The number of hydrogen-bond donors (Lipinski definition) is 0. The normalized spacial score (nSPS) is 10.7. The van der Waals surface area contributed by atoms with Gasteiger partial charge in [0.05, 0.1) is 11.6 Å². The molecule has 2 aromatic carbocycles. The first-order chi connectivity index (χ1) is 9.19. The minimum Gasteiger partial charge on any atom is -0.496 e. The summed E-state index contributed by atoms with van der Waals surface area (Å²) in [6, 6.07) is 16.7. The van der Waals surface area contributed by atoms with E-state index >= 15 is 0 Å². The molecule has 0 atom stereocenters. The SMILES string of the molecule is COc1ccc(CN(C)Cc2ccccc2)cc1Br. The van der Waals surface area contributed by atoms with Crippen molar-refractivity contribution in [3.05, 3.63) is 64.1 Å². The molecule has 19 heavy (non-hydrogen) atoms. The van der Waals surface area contributed by atoms with E-state index in [4.69, 9.17) is 4.74 Å². The summed E-state index contributed by atoms with van der Waals surface area (Å²) in [6.45, 7) is 1.86. The van der Waals surface area contributed by atoms with Crippen LogP contribution in [0.25, 0.3) is 0 Å². The molecule has 0 amide bonds. The molecule has 2 rings (SSSR count). The minimum atomic E-state index is 0.870. The fourth-order valence-corrected chi connectivity index (χ4v) is 2.66. The number of ether oxygens (including phenoxy) is 1. The summed E-state index contributed by atoms with van der Waals surface area (Å²) in [5.41, 5.74) is 2.60. The Morgan fingerprint density at radius 2 is 1.68 bits per heavy atom. The molecule has 0 spiro atoms. The Bertz CT molecular complexity index is 528. The van der Waals surface area contributed by atoms with Crippen LogP contribution in [-0.2, 0) is 13.1 Å². The van der Waals surface area contributed by atoms with Crippen LogP contribution in [0.4, 0.5) is 0 Å². The van der Waals surface area contributed by atoms with Gasteiger partial charge in [-0.2, -0.15) is 0 Å². The lowest BCUT2D eigenvalue weighted by atomic mass is 10.2. The van der Waals surface area contributed by atoms with Crippen LogP contribution in [-0.4, -0.2) is 19.1 Å². The van der Waals surface area contributed by atoms with E-state index in [0.717, 1.165) is 23.3 Å². The first-order valence-corrected chi connectivity index (χ1v) is 7.03. The lowest BCUT2D eigenvalue weighted by Crippen LogP contribution is -2.17. The third-order valence-corrected chi connectivity index (χ3v) is 3.58. The lowest BCUT2D eigenvalue weighted by molar-refractivity contribution is 0.318. The summed E-state index contributed by atoms with van der Waals surface area (Å²) in [4.78, 5) is 2.30. The first-order valence-electron chi connectivity index (χ1n) is 6.24. The summed E-state index contributed by atoms with van der Waals surface area (Å²) in [6.07, 6.45) is 0. The van der Waals surface area contributed by atoms with Crippen LogP contribution in [0.2, 0.25) is 0 Å². The van der Waals surface area contributed by atoms with Crippen molar-refractivity contribution < 1.29 is 4.74 Å². The van der Waals surface area contributed by atoms with Crippen LogP contribution in [0.3, 0.4) is 0 Å². The van der Waals surface area contributed by atoms with E-state index in [2.05, 4.69) is 64.3 Å². The molecule has 0 aromatic heterocycles. The average molecular weight is 320 g/mol. The molecule has 100 valence electrons. The van der Waals surface area contributed by atoms with Crippen molar-refractivity contribution in [2.24, 2.45) is 0 Å². The molecule has 0 heterocycles. The summed E-state index contributed by atoms with van der Waals surface area (Å²) >= 11 is 3.52. The molecular formula is C16H18BrNO. The second-order valence-electron chi connectivity index (χ2n) is 4.63. The van der Waals surface area contributed by atoms with Crippen molar-refractivity contribution in [3.63, 3.8) is 0 Å². The molecule has 0 saturated heterocycles. The van der Waals surface area contributed by atoms with Crippen LogP contribution in [0, 0.1) is 0 Å². The predicted molar refractivity (Wildman–Crippen MR) is 82.3 cm³/mol. The van der Waals surface area contributed by atoms with E-state index < -0.39 is 0 Å². The molecule has 0 radical (unpaired) electrons. The van der Waals surface area contributed by atoms with Crippen molar-refractivity contribution in [2.75, 3.05) is 14.2 Å². The Balaban J connectivity index is 1.99. The summed E-state index contributed by atoms with van der Waals surface area (Å²) in [5, 5.41) is 0. The molecule has 0 aliphatic carbocycles. The van der Waals surface area contributed by atoms with E-state index in [1.165, 1.54) is 11.1 Å². The number of benzene rings is 2. The summed E-state index contributed by atoms with van der Waals surface area (Å²) < 4.78 is 6.24. The molecular weight excluding hydrogens is 302 g/mol. The van der Waals surface area contributed by atoms with Gasteiger partial charge in [-0.3, -0.25) is 4.90 Å². The molecule has 0 aliphatic rings. The fourth-order valence-electron chi connectivity index (χ4n) is 2.07. The molecule has 0 saturated carbocycles. The lowest BCUT2D eigenvalue weighted by Gasteiger charge is -2.17. The topological polar surface area (TPSA) is 12.5 Å². The van der Waals surface area contributed by atoms with Gasteiger partial charge in [0.1, 0.15) is 5.75 Å².